The number of H-pyrrole nitrogens is 1. The van der Waals surface area contributed by atoms with E-state index in [1.54, 1.807) is 0 Å². The van der Waals surface area contributed by atoms with Gasteiger partial charge < -0.3 is 5.32 Å². The maximum atomic E-state index is 4.33. The zero-order valence-corrected chi connectivity index (χ0v) is 11.5. The van der Waals surface area contributed by atoms with Crippen LogP contribution in [-0.2, 0) is 0 Å². The molecule has 5 heteroatoms. The Hall–Kier alpha value is -1.49. The number of benzene rings is 1. The van der Waals surface area contributed by atoms with Crippen molar-refractivity contribution in [3.8, 4) is 11.4 Å². The number of aromatic nitrogens is 3. The lowest BCUT2D eigenvalue weighted by atomic mass is 10.2. The van der Waals surface area contributed by atoms with E-state index in [9.17, 15) is 0 Å². The zero-order chi connectivity index (χ0) is 12.8. The highest BCUT2D eigenvalue weighted by atomic mass is 32.2. The molecular formula is C13H18N4S. The van der Waals surface area contributed by atoms with Gasteiger partial charge in [0, 0.05) is 17.8 Å². The lowest BCUT2D eigenvalue weighted by Crippen LogP contribution is -2.02. The maximum Gasteiger partial charge on any atom is 0.181 e. The third-order valence-corrected chi connectivity index (χ3v) is 3.27. The molecule has 0 bridgehead atoms. The minimum Gasteiger partial charge on any atom is -0.385 e. The van der Waals surface area contributed by atoms with Gasteiger partial charge in [0.15, 0.2) is 5.82 Å². The highest BCUT2D eigenvalue weighted by Gasteiger charge is 2.03. The van der Waals surface area contributed by atoms with Crippen LogP contribution in [0, 0.1) is 6.92 Å². The summed E-state index contributed by atoms with van der Waals surface area (Å²) in [5.74, 6) is 2.77. The fourth-order valence-corrected chi connectivity index (χ4v) is 2.12. The summed E-state index contributed by atoms with van der Waals surface area (Å²) in [6, 6.07) is 8.21. The first-order valence-electron chi connectivity index (χ1n) is 6.02. The molecule has 0 saturated heterocycles. The number of anilines is 1. The van der Waals surface area contributed by atoms with Crippen LogP contribution in [0.5, 0.6) is 0 Å². The van der Waals surface area contributed by atoms with Crippen molar-refractivity contribution in [3.05, 3.63) is 30.1 Å². The van der Waals surface area contributed by atoms with Crippen LogP contribution < -0.4 is 5.32 Å². The lowest BCUT2D eigenvalue weighted by molar-refractivity contribution is 0.993. The number of thioether (sulfide) groups is 1. The molecule has 0 amide bonds. The molecule has 0 saturated carbocycles. The molecule has 18 heavy (non-hydrogen) atoms. The van der Waals surface area contributed by atoms with Crippen molar-refractivity contribution in [2.24, 2.45) is 0 Å². The van der Waals surface area contributed by atoms with Crippen molar-refractivity contribution in [1.82, 2.24) is 15.2 Å². The van der Waals surface area contributed by atoms with Gasteiger partial charge in [0.25, 0.3) is 0 Å². The molecular weight excluding hydrogens is 244 g/mol. The summed E-state index contributed by atoms with van der Waals surface area (Å²) in [7, 11) is 0. The van der Waals surface area contributed by atoms with E-state index in [0.717, 1.165) is 29.4 Å². The van der Waals surface area contributed by atoms with Crippen molar-refractivity contribution in [2.75, 3.05) is 23.9 Å². The molecule has 0 unspecified atom stereocenters. The van der Waals surface area contributed by atoms with Crippen molar-refractivity contribution >= 4 is 17.4 Å². The second kappa shape index (κ2) is 6.44. The molecule has 0 fully saturated rings. The second-order valence-electron chi connectivity index (χ2n) is 4.10. The topological polar surface area (TPSA) is 53.6 Å². The monoisotopic (exact) mass is 262 g/mol. The van der Waals surface area contributed by atoms with Gasteiger partial charge in [-0.05, 0) is 37.5 Å². The average molecular weight is 262 g/mol. The van der Waals surface area contributed by atoms with Crippen LogP contribution in [0.2, 0.25) is 0 Å². The van der Waals surface area contributed by atoms with Gasteiger partial charge in [-0.25, -0.2) is 4.98 Å². The van der Waals surface area contributed by atoms with Gasteiger partial charge in [0.2, 0.25) is 0 Å². The average Bonchev–Trinajstić information content (AvgIpc) is 2.82. The predicted octanol–water partition coefficient (Wildman–Crippen LogP) is 2.95. The molecule has 1 heterocycles. The number of aromatic amines is 1. The predicted molar refractivity (Wildman–Crippen MR) is 78.0 cm³/mol. The first kappa shape index (κ1) is 13.0. The van der Waals surface area contributed by atoms with Crippen LogP contribution in [0.4, 0.5) is 5.69 Å². The fourth-order valence-electron chi connectivity index (χ4n) is 1.69. The molecule has 0 spiro atoms. The Bertz CT molecular complexity index is 495. The molecule has 2 N–H and O–H groups in total. The summed E-state index contributed by atoms with van der Waals surface area (Å²) >= 11 is 1.88. The SMILES string of the molecule is CSCCCNc1cccc(-c2n[nH]c(C)n2)c1. The summed E-state index contributed by atoms with van der Waals surface area (Å²) < 4.78 is 0. The van der Waals surface area contributed by atoms with Gasteiger partial charge in [-0.3, -0.25) is 5.10 Å². The first-order valence-corrected chi connectivity index (χ1v) is 7.41. The first-order chi connectivity index (χ1) is 8.79. The third kappa shape index (κ3) is 3.50. The molecule has 1 aromatic heterocycles. The quantitative estimate of drug-likeness (QED) is 0.786. The number of rotatable bonds is 6. The third-order valence-electron chi connectivity index (χ3n) is 2.57. The molecule has 0 aliphatic carbocycles. The van der Waals surface area contributed by atoms with Crippen molar-refractivity contribution in [2.45, 2.75) is 13.3 Å². The number of nitrogens with one attached hydrogen (secondary N) is 2. The smallest absolute Gasteiger partial charge is 0.181 e. The number of hydrogen-bond donors (Lipinski definition) is 2. The van der Waals surface area contributed by atoms with E-state index in [1.165, 1.54) is 12.2 Å². The summed E-state index contributed by atoms with van der Waals surface area (Å²) in [4.78, 5) is 4.33. The van der Waals surface area contributed by atoms with Gasteiger partial charge in [0.1, 0.15) is 5.82 Å². The highest BCUT2D eigenvalue weighted by molar-refractivity contribution is 7.98. The zero-order valence-electron chi connectivity index (χ0n) is 10.7. The molecule has 0 atom stereocenters. The Labute approximate surface area is 112 Å². The molecule has 2 rings (SSSR count). The molecule has 1 aromatic carbocycles. The van der Waals surface area contributed by atoms with E-state index >= 15 is 0 Å². The van der Waals surface area contributed by atoms with E-state index in [4.69, 9.17) is 0 Å². The minimum atomic E-state index is 0.750. The summed E-state index contributed by atoms with van der Waals surface area (Å²) in [5, 5.41) is 10.4. The normalized spacial score (nSPS) is 10.6. The van der Waals surface area contributed by atoms with Crippen LogP contribution in [0.25, 0.3) is 11.4 Å². The molecule has 2 aromatic rings. The minimum absolute atomic E-state index is 0.750. The van der Waals surface area contributed by atoms with E-state index in [2.05, 4.69) is 38.9 Å². The molecule has 0 aliphatic rings. The van der Waals surface area contributed by atoms with Crippen molar-refractivity contribution in [3.63, 3.8) is 0 Å². The van der Waals surface area contributed by atoms with Crippen molar-refractivity contribution < 1.29 is 0 Å². The van der Waals surface area contributed by atoms with E-state index in [0.29, 0.717) is 0 Å². The van der Waals surface area contributed by atoms with Crippen LogP contribution in [0.3, 0.4) is 0 Å². The van der Waals surface area contributed by atoms with Crippen LogP contribution >= 0.6 is 11.8 Å². The van der Waals surface area contributed by atoms with Crippen LogP contribution in [-0.4, -0.2) is 33.7 Å². The van der Waals surface area contributed by atoms with E-state index in [1.807, 2.05) is 30.8 Å². The molecule has 0 aliphatic heterocycles. The number of aryl methyl sites for hydroxylation is 1. The lowest BCUT2D eigenvalue weighted by Gasteiger charge is -2.06. The van der Waals surface area contributed by atoms with Crippen LogP contribution in [0.1, 0.15) is 12.2 Å². The Balaban J connectivity index is 2.01. The Morgan fingerprint density at radius 2 is 2.28 bits per heavy atom. The number of hydrogen-bond acceptors (Lipinski definition) is 4. The Morgan fingerprint density at radius 3 is 3.00 bits per heavy atom. The Kier molecular flexibility index (Phi) is 4.64. The van der Waals surface area contributed by atoms with E-state index < -0.39 is 0 Å². The summed E-state index contributed by atoms with van der Waals surface area (Å²) in [6.07, 6.45) is 3.30. The fraction of sp³-hybridized carbons (Fsp3) is 0.385. The van der Waals surface area contributed by atoms with Gasteiger partial charge >= 0.3 is 0 Å². The van der Waals surface area contributed by atoms with Gasteiger partial charge in [-0.1, -0.05) is 12.1 Å². The van der Waals surface area contributed by atoms with Gasteiger partial charge in [0.05, 0.1) is 0 Å². The largest absolute Gasteiger partial charge is 0.385 e. The molecule has 0 radical (unpaired) electrons. The number of nitrogens with zero attached hydrogens (tertiary/aromatic N) is 2. The summed E-state index contributed by atoms with van der Waals surface area (Å²) in [6.45, 7) is 2.90. The van der Waals surface area contributed by atoms with Gasteiger partial charge in [-0.2, -0.15) is 16.9 Å². The highest BCUT2D eigenvalue weighted by Crippen LogP contribution is 2.19. The van der Waals surface area contributed by atoms with Crippen LogP contribution in [0.15, 0.2) is 24.3 Å². The molecule has 96 valence electrons. The standard InChI is InChI=1S/C13H18N4S/c1-10-15-13(17-16-10)11-5-3-6-12(9-11)14-7-4-8-18-2/h3,5-6,9,14H,4,7-8H2,1-2H3,(H,15,16,17). The Morgan fingerprint density at radius 1 is 1.39 bits per heavy atom. The van der Waals surface area contributed by atoms with Gasteiger partial charge in [-0.15, -0.1) is 0 Å². The van der Waals surface area contributed by atoms with E-state index in [-0.39, 0.29) is 0 Å². The summed E-state index contributed by atoms with van der Waals surface area (Å²) in [5.41, 5.74) is 2.16. The molecule has 4 nitrogen and oxygen atoms in total. The maximum absolute atomic E-state index is 4.33. The van der Waals surface area contributed by atoms with Crippen molar-refractivity contribution in [1.29, 1.82) is 0 Å². The second-order valence-corrected chi connectivity index (χ2v) is 5.08.